The molecule has 0 aliphatic carbocycles. The van der Waals surface area contributed by atoms with E-state index in [9.17, 15) is 4.79 Å². The molecule has 1 aliphatic heterocycles. The standard InChI is InChI=1S/C14H20ClN7O2/c1-14(2,3-4-23)5-7-6-18-13(19-7)22-12(24)8-10(16)21-11(17)9(15)20-8/h5,23H,3-4,6H2,1-2H3,(H4,16,17,21)(H2,18,19,22,24)/b7-5+. The molecular formula is C14H20ClN7O2. The number of anilines is 2. The Balaban J connectivity index is 2.04. The SMILES string of the molecule is CC(C)(/C=C1\CN=C(NC(=O)c2nc(Cl)c(N)nc2N)N1)CCO. The Kier molecular flexibility index (Phi) is 5.25. The van der Waals surface area contributed by atoms with Crippen LogP contribution in [0.2, 0.25) is 5.15 Å². The Labute approximate surface area is 144 Å². The number of aliphatic imine (C=N–C) groups is 1. The number of guanidine groups is 1. The van der Waals surface area contributed by atoms with Crippen LogP contribution < -0.4 is 22.1 Å². The molecule has 1 aromatic heterocycles. The topological polar surface area (TPSA) is 152 Å². The van der Waals surface area contributed by atoms with E-state index in [1.54, 1.807) is 0 Å². The molecule has 0 saturated carbocycles. The minimum Gasteiger partial charge on any atom is -0.396 e. The smallest absolute Gasteiger partial charge is 0.280 e. The molecule has 0 atom stereocenters. The number of hydrogen-bond donors (Lipinski definition) is 5. The lowest BCUT2D eigenvalue weighted by atomic mass is 9.88. The van der Waals surface area contributed by atoms with Crippen LogP contribution in [0.5, 0.6) is 0 Å². The van der Waals surface area contributed by atoms with Gasteiger partial charge < -0.3 is 21.9 Å². The van der Waals surface area contributed by atoms with Crippen molar-refractivity contribution in [3.8, 4) is 0 Å². The third kappa shape index (κ3) is 4.33. The number of hydrogen-bond acceptors (Lipinski definition) is 8. The number of nitrogens with two attached hydrogens (primary N) is 2. The molecule has 24 heavy (non-hydrogen) atoms. The Hall–Kier alpha value is -2.39. The number of rotatable bonds is 4. The van der Waals surface area contributed by atoms with Crippen LogP contribution in [-0.2, 0) is 0 Å². The summed E-state index contributed by atoms with van der Waals surface area (Å²) in [4.78, 5) is 24.0. The number of nitrogens with zero attached hydrogens (tertiary/aromatic N) is 3. The molecule has 0 aromatic carbocycles. The molecule has 130 valence electrons. The number of halogens is 1. The summed E-state index contributed by atoms with van der Waals surface area (Å²) in [7, 11) is 0. The number of aromatic nitrogens is 2. The van der Waals surface area contributed by atoms with E-state index >= 15 is 0 Å². The van der Waals surface area contributed by atoms with Crippen LogP contribution in [0, 0.1) is 5.41 Å². The first kappa shape index (κ1) is 18.0. The van der Waals surface area contributed by atoms with Crippen molar-refractivity contribution in [1.82, 2.24) is 20.6 Å². The van der Waals surface area contributed by atoms with Crippen LogP contribution in [0.1, 0.15) is 30.8 Å². The van der Waals surface area contributed by atoms with Gasteiger partial charge in [0, 0.05) is 12.3 Å². The first-order chi connectivity index (χ1) is 11.2. The van der Waals surface area contributed by atoms with E-state index in [0.29, 0.717) is 13.0 Å². The summed E-state index contributed by atoms with van der Waals surface area (Å²) in [6, 6.07) is 0. The van der Waals surface area contributed by atoms with Gasteiger partial charge in [0.1, 0.15) is 0 Å². The van der Waals surface area contributed by atoms with Gasteiger partial charge in [-0.2, -0.15) is 0 Å². The van der Waals surface area contributed by atoms with Gasteiger partial charge >= 0.3 is 0 Å². The largest absolute Gasteiger partial charge is 0.396 e. The van der Waals surface area contributed by atoms with Crippen molar-refractivity contribution in [2.45, 2.75) is 20.3 Å². The molecule has 0 saturated heterocycles. The minimum atomic E-state index is -0.594. The molecule has 1 aliphatic rings. The highest BCUT2D eigenvalue weighted by atomic mass is 35.5. The highest BCUT2D eigenvalue weighted by molar-refractivity contribution is 6.31. The maximum Gasteiger partial charge on any atom is 0.280 e. The summed E-state index contributed by atoms with van der Waals surface area (Å²) in [5, 5.41) is 14.5. The summed E-state index contributed by atoms with van der Waals surface area (Å²) >= 11 is 5.76. The quantitative estimate of drug-likeness (QED) is 0.521. The van der Waals surface area contributed by atoms with Crippen LogP contribution in [0.3, 0.4) is 0 Å². The van der Waals surface area contributed by atoms with Crippen LogP contribution in [0.15, 0.2) is 16.8 Å². The van der Waals surface area contributed by atoms with Crippen molar-refractivity contribution >= 4 is 35.1 Å². The Morgan fingerprint density at radius 1 is 1.42 bits per heavy atom. The van der Waals surface area contributed by atoms with Crippen molar-refractivity contribution < 1.29 is 9.90 Å². The number of nitrogen functional groups attached to an aromatic ring is 2. The van der Waals surface area contributed by atoms with Crippen molar-refractivity contribution in [2.24, 2.45) is 10.4 Å². The third-order valence-electron chi connectivity index (χ3n) is 3.36. The van der Waals surface area contributed by atoms with Crippen LogP contribution in [-0.4, -0.2) is 40.1 Å². The number of aliphatic hydroxyl groups is 1. The highest BCUT2D eigenvalue weighted by Gasteiger charge is 2.22. The molecule has 0 radical (unpaired) electrons. The van der Waals surface area contributed by atoms with E-state index in [2.05, 4.69) is 25.6 Å². The molecule has 0 bridgehead atoms. The van der Waals surface area contributed by atoms with Crippen molar-refractivity contribution in [3.63, 3.8) is 0 Å². The summed E-state index contributed by atoms with van der Waals surface area (Å²) in [6.07, 6.45) is 2.59. The molecule has 0 fully saturated rings. The van der Waals surface area contributed by atoms with Crippen molar-refractivity contribution in [2.75, 3.05) is 24.6 Å². The number of allylic oxidation sites excluding steroid dienone is 1. The molecule has 10 heteroatoms. The van der Waals surface area contributed by atoms with E-state index in [4.69, 9.17) is 28.2 Å². The molecule has 2 rings (SSSR count). The lowest BCUT2D eigenvalue weighted by Crippen LogP contribution is -2.38. The first-order valence-electron chi connectivity index (χ1n) is 7.26. The van der Waals surface area contributed by atoms with E-state index < -0.39 is 5.91 Å². The molecular weight excluding hydrogens is 334 g/mol. The summed E-state index contributed by atoms with van der Waals surface area (Å²) in [5.41, 5.74) is 11.6. The lowest BCUT2D eigenvalue weighted by molar-refractivity contribution is 0.0972. The molecule has 7 N–H and O–H groups in total. The molecule has 0 spiro atoms. The summed E-state index contributed by atoms with van der Waals surface area (Å²) in [5.74, 6) is -0.476. The predicted octanol–water partition coefficient (Wildman–Crippen LogP) is 0.276. The van der Waals surface area contributed by atoms with Gasteiger partial charge in [-0.05, 0) is 11.8 Å². The number of nitrogens with one attached hydrogen (secondary N) is 2. The second kappa shape index (κ2) is 7.02. The molecule has 1 amide bonds. The van der Waals surface area contributed by atoms with Gasteiger partial charge in [0.25, 0.3) is 5.91 Å². The maximum absolute atomic E-state index is 12.2. The van der Waals surface area contributed by atoms with Gasteiger partial charge in [0.05, 0.1) is 6.54 Å². The van der Waals surface area contributed by atoms with Gasteiger partial charge in [0.15, 0.2) is 22.5 Å². The normalized spacial score (nSPS) is 16.0. The van der Waals surface area contributed by atoms with Crippen LogP contribution in [0.25, 0.3) is 0 Å². The number of carbonyl (C=O) groups is 1. The lowest BCUT2D eigenvalue weighted by Gasteiger charge is -2.19. The third-order valence-corrected chi connectivity index (χ3v) is 3.64. The van der Waals surface area contributed by atoms with Gasteiger partial charge in [-0.1, -0.05) is 31.5 Å². The van der Waals surface area contributed by atoms with E-state index in [0.717, 1.165) is 5.70 Å². The number of carbonyl (C=O) groups excluding carboxylic acids is 1. The fraction of sp³-hybridized carbons (Fsp3) is 0.429. The van der Waals surface area contributed by atoms with Gasteiger partial charge in [0.2, 0.25) is 5.96 Å². The monoisotopic (exact) mass is 353 g/mol. The van der Waals surface area contributed by atoms with Gasteiger partial charge in [-0.3, -0.25) is 10.1 Å². The zero-order valence-corrected chi connectivity index (χ0v) is 14.2. The average molecular weight is 354 g/mol. The van der Waals surface area contributed by atoms with Crippen LogP contribution in [0.4, 0.5) is 11.6 Å². The second-order valence-electron chi connectivity index (χ2n) is 6.01. The molecule has 9 nitrogen and oxygen atoms in total. The summed E-state index contributed by atoms with van der Waals surface area (Å²) in [6.45, 7) is 4.49. The molecule has 0 unspecified atom stereocenters. The van der Waals surface area contributed by atoms with E-state index in [1.165, 1.54) is 0 Å². The fourth-order valence-corrected chi connectivity index (χ4v) is 2.28. The zero-order valence-electron chi connectivity index (χ0n) is 13.4. The average Bonchev–Trinajstić information content (AvgIpc) is 2.88. The first-order valence-corrected chi connectivity index (χ1v) is 7.63. The predicted molar refractivity (Wildman–Crippen MR) is 92.3 cm³/mol. The second-order valence-corrected chi connectivity index (χ2v) is 6.37. The Morgan fingerprint density at radius 3 is 2.79 bits per heavy atom. The van der Waals surface area contributed by atoms with Gasteiger partial charge in [-0.25, -0.2) is 15.0 Å². The van der Waals surface area contributed by atoms with Gasteiger partial charge in [-0.15, -0.1) is 0 Å². The van der Waals surface area contributed by atoms with E-state index in [1.807, 2.05) is 19.9 Å². The van der Waals surface area contributed by atoms with E-state index in [-0.39, 0.29) is 40.5 Å². The summed E-state index contributed by atoms with van der Waals surface area (Å²) < 4.78 is 0. The fourth-order valence-electron chi connectivity index (χ4n) is 2.16. The Bertz CT molecular complexity index is 715. The van der Waals surface area contributed by atoms with Crippen LogP contribution >= 0.6 is 11.6 Å². The van der Waals surface area contributed by atoms with Crippen molar-refractivity contribution in [1.29, 1.82) is 0 Å². The minimum absolute atomic E-state index is 0.0432. The Morgan fingerprint density at radius 2 is 2.12 bits per heavy atom. The van der Waals surface area contributed by atoms with Crippen molar-refractivity contribution in [3.05, 3.63) is 22.6 Å². The molecule has 2 heterocycles. The maximum atomic E-state index is 12.2. The molecule has 1 aromatic rings. The number of aliphatic hydroxyl groups excluding tert-OH is 1. The number of amides is 1. The zero-order chi connectivity index (χ0) is 17.9. The highest BCUT2D eigenvalue weighted by Crippen LogP contribution is 2.23.